The summed E-state index contributed by atoms with van der Waals surface area (Å²) in [6, 6.07) is 12.7. The van der Waals surface area contributed by atoms with Gasteiger partial charge in [0.25, 0.3) is 0 Å². The highest BCUT2D eigenvalue weighted by molar-refractivity contribution is 7.89. The summed E-state index contributed by atoms with van der Waals surface area (Å²) in [7, 11) is -4.04. The topological polar surface area (TPSA) is 126 Å². The van der Waals surface area contributed by atoms with Crippen LogP contribution in [0, 0.1) is 6.92 Å². The molecule has 3 N–H and O–H groups in total. The summed E-state index contributed by atoms with van der Waals surface area (Å²) < 4.78 is 32.1. The van der Waals surface area contributed by atoms with Crippen molar-refractivity contribution in [2.75, 3.05) is 11.9 Å². The molecule has 3 aromatic rings. The van der Waals surface area contributed by atoms with Gasteiger partial charge in [-0.05, 0) is 31.2 Å². The van der Waals surface area contributed by atoms with E-state index >= 15 is 0 Å². The van der Waals surface area contributed by atoms with Crippen LogP contribution in [0.15, 0.2) is 68.7 Å². The van der Waals surface area contributed by atoms with E-state index in [2.05, 4.69) is 10.0 Å². The van der Waals surface area contributed by atoms with E-state index in [0.717, 1.165) is 5.56 Å². The van der Waals surface area contributed by atoms with Crippen molar-refractivity contribution in [2.24, 2.45) is 0 Å². The predicted molar refractivity (Wildman–Crippen MR) is 103 cm³/mol. The molecule has 0 saturated heterocycles. The number of sulfonamides is 1. The second kappa shape index (κ2) is 7.93. The molecule has 28 heavy (non-hydrogen) atoms. The van der Waals surface area contributed by atoms with Crippen molar-refractivity contribution in [3.63, 3.8) is 0 Å². The van der Waals surface area contributed by atoms with Gasteiger partial charge in [0.05, 0.1) is 11.5 Å². The van der Waals surface area contributed by atoms with Crippen LogP contribution in [0.3, 0.4) is 0 Å². The molecule has 3 rings (SSSR count). The van der Waals surface area contributed by atoms with Crippen LogP contribution in [0.5, 0.6) is 0 Å². The van der Waals surface area contributed by atoms with Crippen LogP contribution >= 0.6 is 0 Å². The van der Waals surface area contributed by atoms with Gasteiger partial charge in [-0.1, -0.05) is 35.9 Å². The summed E-state index contributed by atoms with van der Waals surface area (Å²) in [6.45, 7) is 1.01. The summed E-state index contributed by atoms with van der Waals surface area (Å²) in [5, 5.41) is 12.4. The lowest BCUT2D eigenvalue weighted by Gasteiger charge is -2.16. The maximum atomic E-state index is 12.4. The first-order chi connectivity index (χ1) is 13.3. The molecule has 1 aromatic heterocycles. The average molecular weight is 402 g/mol. The Labute approximate surface area is 160 Å². The molecule has 0 spiro atoms. The predicted octanol–water partition coefficient (Wildman–Crippen LogP) is 1.38. The molecule has 146 valence electrons. The van der Waals surface area contributed by atoms with Gasteiger partial charge in [-0.2, -0.15) is 4.72 Å². The van der Waals surface area contributed by atoms with E-state index in [1.807, 2.05) is 6.92 Å². The highest BCUT2D eigenvalue weighted by Gasteiger charge is 2.26. The van der Waals surface area contributed by atoms with Crippen LogP contribution in [0.1, 0.15) is 5.56 Å². The number of rotatable bonds is 6. The second-order valence-electron chi connectivity index (χ2n) is 6.14. The monoisotopic (exact) mass is 402 g/mol. The van der Waals surface area contributed by atoms with E-state index in [1.54, 1.807) is 36.4 Å². The van der Waals surface area contributed by atoms with Crippen molar-refractivity contribution in [3.05, 3.63) is 70.6 Å². The molecule has 0 saturated carbocycles. The van der Waals surface area contributed by atoms with Gasteiger partial charge in [0.15, 0.2) is 0 Å². The Kier molecular flexibility index (Phi) is 5.59. The third-order valence-corrected chi connectivity index (χ3v) is 5.51. The number of hydrogen-bond acceptors (Lipinski definition) is 6. The molecule has 0 bridgehead atoms. The number of carbonyl (C=O) groups is 1. The van der Waals surface area contributed by atoms with E-state index in [1.165, 1.54) is 18.2 Å². The molecule has 0 aliphatic rings. The lowest BCUT2D eigenvalue weighted by Crippen LogP contribution is -2.46. The highest BCUT2D eigenvalue weighted by atomic mass is 32.2. The third-order valence-electron chi connectivity index (χ3n) is 4.03. The number of anilines is 1. The molecule has 1 atom stereocenters. The zero-order valence-electron chi connectivity index (χ0n) is 14.9. The van der Waals surface area contributed by atoms with E-state index in [-0.39, 0.29) is 10.6 Å². The minimum absolute atomic E-state index is 0.0467. The summed E-state index contributed by atoms with van der Waals surface area (Å²) in [5.41, 5.74) is 0.282. The number of para-hydroxylation sites is 1. The minimum Gasteiger partial charge on any atom is -0.421 e. The number of aliphatic hydroxyl groups excluding tert-OH is 1. The maximum Gasteiger partial charge on any atom is 0.360 e. The number of nitrogens with one attached hydrogen (secondary N) is 2. The van der Waals surface area contributed by atoms with Crippen molar-refractivity contribution in [3.8, 4) is 0 Å². The number of aliphatic hydroxyl groups is 1. The molecule has 8 nitrogen and oxygen atoms in total. The van der Waals surface area contributed by atoms with Crippen molar-refractivity contribution in [1.82, 2.24) is 4.72 Å². The molecule has 2 aromatic carbocycles. The third kappa shape index (κ3) is 4.28. The van der Waals surface area contributed by atoms with E-state index in [9.17, 15) is 23.1 Å². The SMILES string of the molecule is Cc1ccc(S(=O)(=O)NC(CO)C(=O)Nc2cc3ccccc3oc2=O)cc1. The van der Waals surface area contributed by atoms with Crippen LogP contribution in [0.2, 0.25) is 0 Å². The molecule has 0 aliphatic carbocycles. The molecule has 0 radical (unpaired) electrons. The van der Waals surface area contributed by atoms with Gasteiger partial charge in [0.2, 0.25) is 15.9 Å². The standard InChI is InChI=1S/C19H18N2O6S/c1-12-6-8-14(9-7-12)28(25,26)21-16(11-22)18(23)20-15-10-13-4-2-3-5-17(13)27-19(15)24/h2-10,16,21-22H,11H2,1H3,(H,20,23). The number of fused-ring (bicyclic) bond motifs is 1. The van der Waals surface area contributed by atoms with Crippen LogP contribution < -0.4 is 15.7 Å². The molecule has 1 amide bonds. The molecule has 1 unspecified atom stereocenters. The van der Waals surface area contributed by atoms with Crippen LogP contribution in [-0.4, -0.2) is 32.1 Å². The highest BCUT2D eigenvalue weighted by Crippen LogP contribution is 2.16. The Morgan fingerprint density at radius 1 is 1.14 bits per heavy atom. The van der Waals surface area contributed by atoms with Crippen LogP contribution in [-0.2, 0) is 14.8 Å². The first-order valence-electron chi connectivity index (χ1n) is 8.34. The number of hydrogen-bond donors (Lipinski definition) is 3. The van der Waals surface area contributed by atoms with E-state index < -0.39 is 34.2 Å². The van der Waals surface area contributed by atoms with Gasteiger partial charge in [0, 0.05) is 5.39 Å². The fourth-order valence-corrected chi connectivity index (χ4v) is 3.70. The summed E-state index contributed by atoms with van der Waals surface area (Å²) in [4.78, 5) is 24.4. The van der Waals surface area contributed by atoms with Gasteiger partial charge in [-0.15, -0.1) is 0 Å². The van der Waals surface area contributed by atoms with Crippen LogP contribution in [0.4, 0.5) is 5.69 Å². The molecule has 1 heterocycles. The molecule has 0 fully saturated rings. The van der Waals surface area contributed by atoms with Gasteiger partial charge < -0.3 is 14.8 Å². The van der Waals surface area contributed by atoms with Crippen molar-refractivity contribution < 1.29 is 22.7 Å². The van der Waals surface area contributed by atoms with E-state index in [4.69, 9.17) is 4.42 Å². The zero-order valence-corrected chi connectivity index (χ0v) is 15.7. The molecular weight excluding hydrogens is 384 g/mol. The Morgan fingerprint density at radius 2 is 1.82 bits per heavy atom. The Hall–Kier alpha value is -3.01. The van der Waals surface area contributed by atoms with Gasteiger partial charge in [0.1, 0.15) is 17.3 Å². The van der Waals surface area contributed by atoms with E-state index in [0.29, 0.717) is 11.0 Å². The first-order valence-corrected chi connectivity index (χ1v) is 9.82. The Bertz CT molecular complexity index is 1170. The maximum absolute atomic E-state index is 12.4. The quantitative estimate of drug-likeness (QED) is 0.535. The fourth-order valence-electron chi connectivity index (χ4n) is 2.52. The number of carbonyl (C=O) groups excluding carboxylic acids is 1. The summed E-state index contributed by atoms with van der Waals surface area (Å²) >= 11 is 0. The van der Waals surface area contributed by atoms with Gasteiger partial charge >= 0.3 is 5.63 Å². The van der Waals surface area contributed by atoms with Crippen molar-refractivity contribution in [1.29, 1.82) is 0 Å². The molecule has 0 aliphatic heterocycles. The Morgan fingerprint density at radius 3 is 2.50 bits per heavy atom. The lowest BCUT2D eigenvalue weighted by atomic mass is 10.2. The Balaban J connectivity index is 1.81. The molecule has 9 heteroatoms. The number of aryl methyl sites for hydroxylation is 1. The van der Waals surface area contributed by atoms with Crippen molar-refractivity contribution in [2.45, 2.75) is 17.9 Å². The zero-order chi connectivity index (χ0) is 20.3. The van der Waals surface area contributed by atoms with Crippen LogP contribution in [0.25, 0.3) is 11.0 Å². The minimum atomic E-state index is -4.04. The normalized spacial score (nSPS) is 12.6. The summed E-state index contributed by atoms with van der Waals surface area (Å²) in [6.07, 6.45) is 0. The lowest BCUT2D eigenvalue weighted by molar-refractivity contribution is -0.118. The van der Waals surface area contributed by atoms with Gasteiger partial charge in [-0.25, -0.2) is 13.2 Å². The largest absolute Gasteiger partial charge is 0.421 e. The first kappa shape index (κ1) is 19.7. The number of benzene rings is 2. The number of amides is 1. The summed E-state index contributed by atoms with van der Waals surface area (Å²) in [5.74, 6) is -0.888. The fraction of sp³-hybridized carbons (Fsp3) is 0.158. The smallest absolute Gasteiger partial charge is 0.360 e. The van der Waals surface area contributed by atoms with Gasteiger partial charge in [-0.3, -0.25) is 4.79 Å². The average Bonchev–Trinajstić information content (AvgIpc) is 2.67. The van der Waals surface area contributed by atoms with Crippen molar-refractivity contribution >= 4 is 32.6 Å². The second-order valence-corrected chi connectivity index (χ2v) is 7.86. The molecular formula is C19H18N2O6S.